The molecule has 2 aliphatic rings. The van der Waals surface area contributed by atoms with Gasteiger partial charge >= 0.3 is 6.03 Å². The minimum atomic E-state index is -0.156. The maximum absolute atomic E-state index is 11.9. The molecule has 0 bridgehead atoms. The zero-order valence-corrected chi connectivity index (χ0v) is 9.95. The van der Waals surface area contributed by atoms with Gasteiger partial charge in [-0.2, -0.15) is 0 Å². The number of rotatable bonds is 2. The van der Waals surface area contributed by atoms with E-state index < -0.39 is 0 Å². The summed E-state index contributed by atoms with van der Waals surface area (Å²) in [5.74, 6) is -0.0538. The highest BCUT2D eigenvalue weighted by Gasteiger charge is 2.38. The van der Waals surface area contributed by atoms with E-state index >= 15 is 0 Å². The van der Waals surface area contributed by atoms with Crippen molar-refractivity contribution in [2.24, 2.45) is 0 Å². The van der Waals surface area contributed by atoms with Crippen molar-refractivity contribution in [1.82, 2.24) is 15.5 Å². The first kappa shape index (κ1) is 12.0. The van der Waals surface area contributed by atoms with Crippen LogP contribution in [0.3, 0.4) is 0 Å². The number of fused-ring (bicyclic) bond motifs is 1. The van der Waals surface area contributed by atoms with Crippen LogP contribution in [0.4, 0.5) is 4.79 Å². The number of urea groups is 1. The van der Waals surface area contributed by atoms with Crippen LogP contribution in [0.5, 0.6) is 0 Å². The molecule has 0 aromatic rings. The van der Waals surface area contributed by atoms with Gasteiger partial charge in [0.2, 0.25) is 5.91 Å². The number of amides is 3. The van der Waals surface area contributed by atoms with Crippen molar-refractivity contribution in [3.8, 4) is 0 Å². The van der Waals surface area contributed by atoms with Crippen LogP contribution in [-0.4, -0.2) is 42.0 Å². The second-order valence-corrected chi connectivity index (χ2v) is 4.63. The normalized spacial score (nSPS) is 28.0. The van der Waals surface area contributed by atoms with E-state index in [1.807, 2.05) is 0 Å². The van der Waals surface area contributed by atoms with Gasteiger partial charge in [0.15, 0.2) is 0 Å². The lowest BCUT2D eigenvalue weighted by Gasteiger charge is -2.43. The molecule has 1 saturated heterocycles. The molecule has 2 rings (SSSR count). The van der Waals surface area contributed by atoms with Crippen LogP contribution < -0.4 is 10.6 Å². The molecule has 1 aliphatic heterocycles. The van der Waals surface area contributed by atoms with Gasteiger partial charge in [-0.15, -0.1) is 6.58 Å². The van der Waals surface area contributed by atoms with Gasteiger partial charge in [-0.25, -0.2) is 4.79 Å². The Hall–Kier alpha value is -1.52. The maximum Gasteiger partial charge on any atom is 0.318 e. The van der Waals surface area contributed by atoms with Crippen LogP contribution in [0.1, 0.15) is 25.7 Å². The van der Waals surface area contributed by atoms with Gasteiger partial charge in [0.05, 0.1) is 6.04 Å². The summed E-state index contributed by atoms with van der Waals surface area (Å²) in [6.07, 6.45) is 5.85. The van der Waals surface area contributed by atoms with Crippen LogP contribution in [0.15, 0.2) is 12.7 Å². The number of nitrogens with one attached hydrogen (secondary N) is 2. The SMILES string of the molecule is C=CCNC(=O)N1CC(=O)N[C@@H]2CCCC[C@@H]21. The van der Waals surface area contributed by atoms with Gasteiger partial charge in [-0.05, 0) is 12.8 Å². The van der Waals surface area contributed by atoms with Crippen molar-refractivity contribution >= 4 is 11.9 Å². The van der Waals surface area contributed by atoms with Crippen molar-refractivity contribution in [1.29, 1.82) is 0 Å². The number of nitrogens with zero attached hydrogens (tertiary/aromatic N) is 1. The van der Waals surface area contributed by atoms with Crippen molar-refractivity contribution < 1.29 is 9.59 Å². The largest absolute Gasteiger partial charge is 0.350 e. The lowest BCUT2D eigenvalue weighted by molar-refractivity contribution is -0.126. The molecule has 0 unspecified atom stereocenters. The molecule has 1 heterocycles. The second-order valence-electron chi connectivity index (χ2n) is 4.63. The molecule has 2 atom stereocenters. The smallest absolute Gasteiger partial charge is 0.318 e. The third-order valence-corrected chi connectivity index (χ3v) is 3.45. The fourth-order valence-electron chi connectivity index (χ4n) is 2.66. The summed E-state index contributed by atoms with van der Waals surface area (Å²) in [5.41, 5.74) is 0. The summed E-state index contributed by atoms with van der Waals surface area (Å²) in [7, 11) is 0. The van der Waals surface area contributed by atoms with Gasteiger partial charge in [0, 0.05) is 12.6 Å². The summed E-state index contributed by atoms with van der Waals surface area (Å²) in [4.78, 5) is 25.2. The predicted molar refractivity (Wildman–Crippen MR) is 64.5 cm³/mol. The van der Waals surface area contributed by atoms with E-state index in [4.69, 9.17) is 0 Å². The number of carbonyl (C=O) groups excluding carboxylic acids is 2. The van der Waals surface area contributed by atoms with Crippen molar-refractivity contribution in [3.63, 3.8) is 0 Å². The molecule has 0 spiro atoms. The van der Waals surface area contributed by atoms with Crippen LogP contribution in [0.2, 0.25) is 0 Å². The maximum atomic E-state index is 11.9. The van der Waals surface area contributed by atoms with Crippen LogP contribution in [0.25, 0.3) is 0 Å². The van der Waals surface area contributed by atoms with E-state index in [0.717, 1.165) is 25.7 Å². The summed E-state index contributed by atoms with van der Waals surface area (Å²) < 4.78 is 0. The first-order valence-corrected chi connectivity index (χ1v) is 6.17. The molecule has 2 N–H and O–H groups in total. The predicted octanol–water partition coefficient (Wildman–Crippen LogP) is 0.625. The van der Waals surface area contributed by atoms with E-state index in [0.29, 0.717) is 6.54 Å². The molecule has 17 heavy (non-hydrogen) atoms. The van der Waals surface area contributed by atoms with Gasteiger partial charge in [0.1, 0.15) is 6.54 Å². The van der Waals surface area contributed by atoms with Gasteiger partial charge in [-0.1, -0.05) is 18.9 Å². The molecule has 5 nitrogen and oxygen atoms in total. The average molecular weight is 237 g/mol. The Bertz CT molecular complexity index is 330. The Labute approximate surface area is 101 Å². The summed E-state index contributed by atoms with van der Waals surface area (Å²) in [5, 5.41) is 5.72. The zero-order valence-electron chi connectivity index (χ0n) is 9.95. The fourth-order valence-corrected chi connectivity index (χ4v) is 2.66. The lowest BCUT2D eigenvalue weighted by atomic mass is 9.87. The Morgan fingerprint density at radius 3 is 3.06 bits per heavy atom. The molecule has 94 valence electrons. The monoisotopic (exact) mass is 237 g/mol. The molecule has 0 radical (unpaired) electrons. The first-order chi connectivity index (χ1) is 8.22. The van der Waals surface area contributed by atoms with Crippen molar-refractivity contribution in [2.75, 3.05) is 13.1 Å². The molecule has 1 saturated carbocycles. The molecule has 0 aromatic carbocycles. The van der Waals surface area contributed by atoms with Gasteiger partial charge in [-0.3, -0.25) is 4.79 Å². The Balaban J connectivity index is 2.04. The number of piperazine rings is 1. The van der Waals surface area contributed by atoms with E-state index in [-0.39, 0.29) is 30.6 Å². The van der Waals surface area contributed by atoms with Crippen molar-refractivity contribution in [3.05, 3.63) is 12.7 Å². The summed E-state index contributed by atoms with van der Waals surface area (Å²) >= 11 is 0. The molecule has 5 heteroatoms. The van der Waals surface area contributed by atoms with Gasteiger partial charge < -0.3 is 15.5 Å². The Kier molecular flexibility index (Phi) is 3.66. The molecule has 2 fully saturated rings. The number of carbonyl (C=O) groups is 2. The fraction of sp³-hybridized carbons (Fsp3) is 0.667. The highest BCUT2D eigenvalue weighted by molar-refractivity contribution is 5.86. The van der Waals surface area contributed by atoms with Gasteiger partial charge in [0.25, 0.3) is 0 Å². The van der Waals surface area contributed by atoms with E-state index in [2.05, 4.69) is 17.2 Å². The van der Waals surface area contributed by atoms with Crippen LogP contribution in [-0.2, 0) is 4.79 Å². The zero-order chi connectivity index (χ0) is 12.3. The van der Waals surface area contributed by atoms with E-state index in [9.17, 15) is 9.59 Å². The lowest BCUT2D eigenvalue weighted by Crippen LogP contribution is -2.64. The molecular formula is C12H19N3O2. The van der Waals surface area contributed by atoms with Crippen molar-refractivity contribution in [2.45, 2.75) is 37.8 Å². The summed E-state index contributed by atoms with van der Waals surface area (Å²) in [6.45, 7) is 4.17. The first-order valence-electron chi connectivity index (χ1n) is 6.17. The molecule has 3 amide bonds. The second kappa shape index (κ2) is 5.21. The standard InChI is InChI=1S/C12H19N3O2/c1-2-7-13-12(17)15-8-11(16)14-9-5-3-4-6-10(9)15/h2,9-10H,1,3-8H2,(H,13,17)(H,14,16)/t9-,10+/m1/s1. The van der Waals surface area contributed by atoms with Crippen LogP contribution >= 0.6 is 0 Å². The molecular weight excluding hydrogens is 218 g/mol. The van der Waals surface area contributed by atoms with E-state index in [1.54, 1.807) is 11.0 Å². The van der Waals surface area contributed by atoms with Crippen LogP contribution in [0, 0.1) is 0 Å². The highest BCUT2D eigenvalue weighted by Crippen LogP contribution is 2.25. The molecule has 1 aliphatic carbocycles. The Morgan fingerprint density at radius 2 is 2.29 bits per heavy atom. The summed E-state index contributed by atoms with van der Waals surface area (Å²) in [6, 6.07) is 0.141. The average Bonchev–Trinajstić information content (AvgIpc) is 2.34. The minimum Gasteiger partial charge on any atom is -0.350 e. The van der Waals surface area contributed by atoms with E-state index in [1.165, 1.54) is 0 Å². The Morgan fingerprint density at radius 1 is 1.53 bits per heavy atom. The topological polar surface area (TPSA) is 61.4 Å². The number of hydrogen-bond donors (Lipinski definition) is 2. The third-order valence-electron chi connectivity index (χ3n) is 3.45. The minimum absolute atomic E-state index is 0.0538. The quantitative estimate of drug-likeness (QED) is 0.692. The highest BCUT2D eigenvalue weighted by atomic mass is 16.2. The third kappa shape index (κ3) is 2.60. The molecule has 0 aromatic heterocycles. The number of hydrogen-bond acceptors (Lipinski definition) is 2.